The minimum atomic E-state index is -0.905. The zero-order valence-electron chi connectivity index (χ0n) is 14.5. The molecule has 2 N–H and O–H groups in total. The van der Waals surface area contributed by atoms with Crippen LogP contribution in [0.15, 0.2) is 24.7 Å². The maximum absolute atomic E-state index is 14.8. The summed E-state index contributed by atoms with van der Waals surface area (Å²) in [5.41, 5.74) is 0.431. The van der Waals surface area contributed by atoms with Crippen molar-refractivity contribution >= 4 is 17.3 Å². The van der Waals surface area contributed by atoms with Gasteiger partial charge >= 0.3 is 0 Å². The predicted molar refractivity (Wildman–Crippen MR) is 96.3 cm³/mol. The minimum Gasteiger partial charge on any atom is -0.387 e. The Kier molecular flexibility index (Phi) is 3.44. The molecular formula is C19H21ClFN3O. The van der Waals surface area contributed by atoms with Crippen molar-refractivity contribution in [1.29, 1.82) is 0 Å². The van der Waals surface area contributed by atoms with Gasteiger partial charge in [-0.2, -0.15) is 0 Å². The average Bonchev–Trinajstić information content (AvgIpc) is 2.86. The Bertz CT molecular complexity index is 872. The van der Waals surface area contributed by atoms with Crippen LogP contribution in [0.1, 0.15) is 45.6 Å². The van der Waals surface area contributed by atoms with Gasteiger partial charge in [0.15, 0.2) is 0 Å². The van der Waals surface area contributed by atoms with E-state index in [0.29, 0.717) is 22.7 Å². The van der Waals surface area contributed by atoms with Crippen molar-refractivity contribution in [3.63, 3.8) is 0 Å². The molecule has 1 aliphatic heterocycles. The van der Waals surface area contributed by atoms with Crippen LogP contribution in [-0.4, -0.2) is 26.2 Å². The summed E-state index contributed by atoms with van der Waals surface area (Å²) < 4.78 is 14.8. The number of halogens is 2. The molecule has 6 heteroatoms. The molecule has 1 aliphatic carbocycles. The van der Waals surface area contributed by atoms with Gasteiger partial charge in [-0.15, -0.1) is 0 Å². The number of rotatable bonds is 1. The van der Waals surface area contributed by atoms with E-state index in [-0.39, 0.29) is 0 Å². The largest absolute Gasteiger partial charge is 0.387 e. The monoisotopic (exact) mass is 361 g/mol. The highest BCUT2D eigenvalue weighted by molar-refractivity contribution is 6.32. The van der Waals surface area contributed by atoms with Gasteiger partial charge in [0.05, 0.1) is 21.9 Å². The third-order valence-electron chi connectivity index (χ3n) is 6.23. The summed E-state index contributed by atoms with van der Waals surface area (Å²) in [4.78, 5) is 8.01. The Morgan fingerprint density at radius 3 is 2.72 bits per heavy atom. The van der Waals surface area contributed by atoms with E-state index in [1.54, 1.807) is 6.07 Å². The molecule has 0 bridgehead atoms. The number of aliphatic hydroxyl groups is 1. The maximum atomic E-state index is 14.8. The summed E-state index contributed by atoms with van der Waals surface area (Å²) in [5.74, 6) is -0.394. The zero-order chi connectivity index (χ0) is 18.0. The normalized spacial score (nSPS) is 29.7. The molecule has 0 amide bonds. The molecule has 1 fully saturated rings. The van der Waals surface area contributed by atoms with Crippen molar-refractivity contribution in [2.75, 3.05) is 5.32 Å². The van der Waals surface area contributed by atoms with Crippen molar-refractivity contribution in [3.05, 3.63) is 41.1 Å². The molecule has 0 radical (unpaired) electrons. The van der Waals surface area contributed by atoms with E-state index in [2.05, 4.69) is 22.2 Å². The molecule has 25 heavy (non-hydrogen) atoms. The van der Waals surface area contributed by atoms with Crippen molar-refractivity contribution < 1.29 is 9.50 Å². The van der Waals surface area contributed by atoms with Gasteiger partial charge in [-0.3, -0.25) is 0 Å². The highest BCUT2D eigenvalue weighted by atomic mass is 35.5. The first-order valence-electron chi connectivity index (χ1n) is 8.50. The summed E-state index contributed by atoms with van der Waals surface area (Å²) in [7, 11) is 0. The number of nitrogens with one attached hydrogen (secondary N) is 1. The molecular weight excluding hydrogens is 341 g/mol. The number of fused-ring (bicyclic) bond motifs is 3. The molecule has 4 nitrogen and oxygen atoms in total. The van der Waals surface area contributed by atoms with Gasteiger partial charge in [-0.05, 0) is 50.8 Å². The van der Waals surface area contributed by atoms with Crippen LogP contribution in [0, 0.1) is 5.82 Å². The lowest BCUT2D eigenvalue weighted by molar-refractivity contribution is -0.0628. The van der Waals surface area contributed by atoms with E-state index in [9.17, 15) is 9.50 Å². The fourth-order valence-electron chi connectivity index (χ4n) is 4.81. The van der Waals surface area contributed by atoms with E-state index in [0.717, 1.165) is 24.1 Å². The third kappa shape index (κ3) is 2.09. The van der Waals surface area contributed by atoms with Crippen molar-refractivity contribution in [2.24, 2.45) is 0 Å². The first kappa shape index (κ1) is 16.7. The van der Waals surface area contributed by atoms with Crippen LogP contribution in [0.3, 0.4) is 0 Å². The first-order valence-corrected chi connectivity index (χ1v) is 8.88. The van der Waals surface area contributed by atoms with Crippen LogP contribution in [0.4, 0.5) is 10.1 Å². The Hall–Kier alpha value is -1.72. The number of aromatic nitrogens is 2. The van der Waals surface area contributed by atoms with Crippen LogP contribution >= 0.6 is 11.6 Å². The molecule has 2 heterocycles. The molecule has 1 aromatic heterocycles. The van der Waals surface area contributed by atoms with E-state index in [1.807, 2.05) is 13.8 Å². The van der Waals surface area contributed by atoms with E-state index in [1.165, 1.54) is 18.6 Å². The van der Waals surface area contributed by atoms with Crippen molar-refractivity contribution in [1.82, 2.24) is 9.97 Å². The second-order valence-corrected chi connectivity index (χ2v) is 8.30. The quantitative estimate of drug-likeness (QED) is 0.794. The topological polar surface area (TPSA) is 58.0 Å². The summed E-state index contributed by atoms with van der Waals surface area (Å²) in [6.07, 6.45) is 5.31. The Morgan fingerprint density at radius 1 is 1.24 bits per heavy atom. The van der Waals surface area contributed by atoms with Gasteiger partial charge in [0.2, 0.25) is 0 Å². The summed E-state index contributed by atoms with van der Waals surface area (Å²) in [5, 5.41) is 15.2. The van der Waals surface area contributed by atoms with E-state index >= 15 is 0 Å². The minimum absolute atomic E-state index is 0.303. The zero-order valence-corrected chi connectivity index (χ0v) is 15.3. The standard InChI is InChI=1S/C19H21ClFN3O/c1-17(2)19(25)6-4-5-18(19,3)12-7-11(14(21)8-15(12)24-17)16-13(20)9-22-10-23-16/h7-10,24-25H,4-6H2,1-3H3. The molecule has 0 spiro atoms. The van der Waals surface area contributed by atoms with E-state index in [4.69, 9.17) is 11.6 Å². The Labute approximate surface area is 151 Å². The highest BCUT2D eigenvalue weighted by Gasteiger charge is 2.62. The molecule has 132 valence electrons. The first-order chi connectivity index (χ1) is 11.7. The molecule has 4 rings (SSSR count). The van der Waals surface area contributed by atoms with Gasteiger partial charge in [0.1, 0.15) is 12.1 Å². The summed E-state index contributed by atoms with van der Waals surface area (Å²) in [6, 6.07) is 3.28. The number of hydrogen-bond donors (Lipinski definition) is 2. The third-order valence-corrected chi connectivity index (χ3v) is 6.51. The molecule has 1 saturated carbocycles. The fraction of sp³-hybridized carbons (Fsp3) is 0.474. The highest BCUT2D eigenvalue weighted by Crippen LogP contribution is 2.59. The SMILES string of the molecule is CC1(C)Nc2cc(F)c(-c3ncncc3Cl)cc2C2(C)CCCC12O. The number of hydrogen-bond acceptors (Lipinski definition) is 4. The average molecular weight is 362 g/mol. The Morgan fingerprint density at radius 2 is 2.00 bits per heavy atom. The van der Waals surface area contributed by atoms with Crippen molar-refractivity contribution in [3.8, 4) is 11.3 Å². The molecule has 2 atom stereocenters. The van der Waals surface area contributed by atoms with Crippen LogP contribution in [0.2, 0.25) is 5.02 Å². The van der Waals surface area contributed by atoms with Crippen LogP contribution in [-0.2, 0) is 5.41 Å². The Balaban J connectivity index is 1.97. The molecule has 0 saturated heterocycles. The van der Waals surface area contributed by atoms with Crippen molar-refractivity contribution in [2.45, 2.75) is 56.6 Å². The second kappa shape index (κ2) is 5.15. The summed E-state index contributed by atoms with van der Waals surface area (Å²) >= 11 is 6.18. The number of nitrogens with zero attached hydrogens (tertiary/aromatic N) is 2. The molecule has 1 aromatic carbocycles. The molecule has 2 aliphatic rings. The molecule has 2 aromatic rings. The van der Waals surface area contributed by atoms with Gasteiger partial charge in [-0.1, -0.05) is 18.5 Å². The van der Waals surface area contributed by atoms with E-state index < -0.39 is 22.4 Å². The smallest absolute Gasteiger partial charge is 0.134 e. The van der Waals surface area contributed by atoms with Crippen LogP contribution < -0.4 is 5.32 Å². The predicted octanol–water partition coefficient (Wildman–Crippen LogP) is 4.31. The lowest BCUT2D eigenvalue weighted by atomic mass is 9.60. The van der Waals surface area contributed by atoms with Crippen LogP contribution in [0.25, 0.3) is 11.3 Å². The number of anilines is 1. The van der Waals surface area contributed by atoms with Gasteiger partial charge < -0.3 is 10.4 Å². The second-order valence-electron chi connectivity index (χ2n) is 7.89. The lowest BCUT2D eigenvalue weighted by Crippen LogP contribution is -2.65. The maximum Gasteiger partial charge on any atom is 0.134 e. The van der Waals surface area contributed by atoms with Gasteiger partial charge in [-0.25, -0.2) is 14.4 Å². The fourth-order valence-corrected chi connectivity index (χ4v) is 5.01. The lowest BCUT2D eigenvalue weighted by Gasteiger charge is -2.55. The van der Waals surface area contributed by atoms with Gasteiger partial charge in [0, 0.05) is 22.9 Å². The summed E-state index contributed by atoms with van der Waals surface area (Å²) in [6.45, 7) is 6.03. The van der Waals surface area contributed by atoms with Gasteiger partial charge in [0.25, 0.3) is 0 Å². The van der Waals surface area contributed by atoms with Crippen LogP contribution in [0.5, 0.6) is 0 Å². The molecule has 2 unspecified atom stereocenters. The number of benzene rings is 1.